The standard InChI is InChI=1S/C16H13F3N2O2/c17-16(18,19)13-3-1-2-10(6-13)8-21-9-12-7-11(15(22)23)4-5-14(12)20-21/h1-7,9,15,22-23H,8H2. The molecule has 0 unspecified atom stereocenters. The average Bonchev–Trinajstić information content (AvgIpc) is 2.87. The topological polar surface area (TPSA) is 58.3 Å². The zero-order chi connectivity index (χ0) is 16.6. The molecule has 0 atom stereocenters. The fraction of sp³-hybridized carbons (Fsp3) is 0.188. The molecule has 1 aromatic heterocycles. The Hall–Kier alpha value is -2.38. The number of aliphatic hydroxyl groups excluding tert-OH is 1. The van der Waals surface area contributed by atoms with Crippen molar-refractivity contribution in [1.29, 1.82) is 0 Å². The first-order chi connectivity index (χ1) is 10.8. The predicted molar refractivity (Wildman–Crippen MR) is 77.5 cm³/mol. The summed E-state index contributed by atoms with van der Waals surface area (Å²) < 4.78 is 39.7. The molecule has 0 spiro atoms. The van der Waals surface area contributed by atoms with Gasteiger partial charge in [0.05, 0.1) is 17.6 Å². The van der Waals surface area contributed by atoms with Crippen molar-refractivity contribution in [3.8, 4) is 0 Å². The highest BCUT2D eigenvalue weighted by Gasteiger charge is 2.30. The van der Waals surface area contributed by atoms with E-state index >= 15 is 0 Å². The van der Waals surface area contributed by atoms with Crippen LogP contribution in [-0.2, 0) is 12.7 Å². The highest BCUT2D eigenvalue weighted by Crippen LogP contribution is 2.29. The number of fused-ring (bicyclic) bond motifs is 1. The van der Waals surface area contributed by atoms with Crippen LogP contribution in [0.2, 0.25) is 0 Å². The third-order valence-electron chi connectivity index (χ3n) is 3.47. The molecule has 23 heavy (non-hydrogen) atoms. The van der Waals surface area contributed by atoms with Crippen molar-refractivity contribution in [2.24, 2.45) is 0 Å². The number of hydrogen-bond donors (Lipinski definition) is 2. The van der Waals surface area contributed by atoms with Gasteiger partial charge in [-0.05, 0) is 29.8 Å². The summed E-state index contributed by atoms with van der Waals surface area (Å²) in [6, 6.07) is 9.83. The monoisotopic (exact) mass is 322 g/mol. The number of halogens is 3. The molecule has 2 aromatic carbocycles. The smallest absolute Gasteiger partial charge is 0.364 e. The molecule has 0 aliphatic carbocycles. The van der Waals surface area contributed by atoms with E-state index in [1.54, 1.807) is 24.4 Å². The summed E-state index contributed by atoms with van der Waals surface area (Å²) in [6.45, 7) is 0.190. The second-order valence-electron chi connectivity index (χ2n) is 5.22. The van der Waals surface area contributed by atoms with Crippen LogP contribution in [0.1, 0.15) is 23.0 Å². The lowest BCUT2D eigenvalue weighted by atomic mass is 10.1. The number of alkyl halides is 3. The summed E-state index contributed by atoms with van der Waals surface area (Å²) in [7, 11) is 0. The van der Waals surface area contributed by atoms with Crippen molar-refractivity contribution in [1.82, 2.24) is 9.78 Å². The van der Waals surface area contributed by atoms with Gasteiger partial charge in [-0.25, -0.2) is 0 Å². The number of rotatable bonds is 3. The van der Waals surface area contributed by atoms with Crippen LogP contribution < -0.4 is 0 Å². The molecule has 0 bridgehead atoms. The fourth-order valence-electron chi connectivity index (χ4n) is 2.37. The van der Waals surface area contributed by atoms with E-state index in [0.29, 0.717) is 22.0 Å². The van der Waals surface area contributed by atoms with E-state index in [1.807, 2.05) is 0 Å². The third kappa shape index (κ3) is 3.35. The molecule has 3 aromatic rings. The summed E-state index contributed by atoms with van der Waals surface area (Å²) in [5.74, 6) is 0. The number of hydrogen-bond acceptors (Lipinski definition) is 3. The van der Waals surface area contributed by atoms with E-state index in [1.165, 1.54) is 16.8 Å². The Morgan fingerprint density at radius 2 is 1.87 bits per heavy atom. The molecule has 7 heteroatoms. The second-order valence-corrected chi connectivity index (χ2v) is 5.22. The highest BCUT2D eigenvalue weighted by molar-refractivity contribution is 5.78. The molecule has 0 fully saturated rings. The molecule has 120 valence electrons. The van der Waals surface area contributed by atoms with Gasteiger partial charge in [-0.2, -0.15) is 18.3 Å². The maximum atomic E-state index is 12.7. The van der Waals surface area contributed by atoms with E-state index < -0.39 is 18.0 Å². The zero-order valence-corrected chi connectivity index (χ0v) is 11.8. The predicted octanol–water partition coefficient (Wildman–Crippen LogP) is 3.09. The summed E-state index contributed by atoms with van der Waals surface area (Å²) in [5, 5.41) is 23.3. The minimum Gasteiger partial charge on any atom is -0.364 e. The van der Waals surface area contributed by atoms with Crippen molar-refractivity contribution in [2.45, 2.75) is 19.0 Å². The Morgan fingerprint density at radius 1 is 1.09 bits per heavy atom. The van der Waals surface area contributed by atoms with Crippen LogP contribution in [-0.4, -0.2) is 20.0 Å². The Labute approximate surface area is 129 Å². The molecule has 1 heterocycles. The first kappa shape index (κ1) is 15.5. The summed E-state index contributed by atoms with van der Waals surface area (Å²) in [4.78, 5) is 0. The summed E-state index contributed by atoms with van der Waals surface area (Å²) >= 11 is 0. The molecule has 0 aliphatic heterocycles. The average molecular weight is 322 g/mol. The first-order valence-electron chi connectivity index (χ1n) is 6.82. The van der Waals surface area contributed by atoms with E-state index in [9.17, 15) is 13.2 Å². The van der Waals surface area contributed by atoms with Gasteiger partial charge in [0.1, 0.15) is 0 Å². The number of aromatic nitrogens is 2. The Kier molecular flexibility index (Phi) is 3.83. The van der Waals surface area contributed by atoms with Gasteiger partial charge < -0.3 is 10.2 Å². The van der Waals surface area contributed by atoms with Gasteiger partial charge in [-0.3, -0.25) is 4.68 Å². The largest absolute Gasteiger partial charge is 0.416 e. The van der Waals surface area contributed by atoms with E-state index in [0.717, 1.165) is 12.1 Å². The molecule has 0 aliphatic rings. The SMILES string of the molecule is OC(O)c1ccc2nn(Cc3cccc(C(F)(F)F)c3)cc2c1. The van der Waals surface area contributed by atoms with Crippen molar-refractivity contribution in [3.05, 3.63) is 65.4 Å². The van der Waals surface area contributed by atoms with Crippen LogP contribution in [0.25, 0.3) is 10.9 Å². The zero-order valence-electron chi connectivity index (χ0n) is 11.8. The number of nitrogens with zero attached hydrogens (tertiary/aromatic N) is 2. The Balaban J connectivity index is 1.90. The van der Waals surface area contributed by atoms with Crippen LogP contribution in [0.5, 0.6) is 0 Å². The number of aliphatic hydroxyl groups is 2. The van der Waals surface area contributed by atoms with Gasteiger partial charge >= 0.3 is 6.18 Å². The van der Waals surface area contributed by atoms with Gasteiger partial charge in [0.25, 0.3) is 0 Å². The summed E-state index contributed by atoms with van der Waals surface area (Å²) in [6.07, 6.45) is -4.30. The Morgan fingerprint density at radius 3 is 2.57 bits per heavy atom. The van der Waals surface area contributed by atoms with Gasteiger partial charge in [0.15, 0.2) is 6.29 Å². The van der Waals surface area contributed by atoms with Gasteiger partial charge in [0.2, 0.25) is 0 Å². The fourth-order valence-corrected chi connectivity index (χ4v) is 2.37. The van der Waals surface area contributed by atoms with Crippen LogP contribution >= 0.6 is 0 Å². The minimum absolute atomic E-state index is 0.190. The summed E-state index contributed by atoms with van der Waals surface area (Å²) in [5.41, 5.74) is 0.741. The Bertz CT molecular complexity index is 841. The molecule has 4 nitrogen and oxygen atoms in total. The third-order valence-corrected chi connectivity index (χ3v) is 3.47. The lowest BCUT2D eigenvalue weighted by molar-refractivity contribution is -0.137. The molecule has 0 radical (unpaired) electrons. The molecule has 0 saturated carbocycles. The second kappa shape index (κ2) is 5.68. The number of benzene rings is 2. The molecular formula is C16H13F3N2O2. The highest BCUT2D eigenvalue weighted by atomic mass is 19.4. The van der Waals surface area contributed by atoms with Crippen molar-refractivity contribution >= 4 is 10.9 Å². The first-order valence-corrected chi connectivity index (χ1v) is 6.82. The van der Waals surface area contributed by atoms with Crippen molar-refractivity contribution in [3.63, 3.8) is 0 Å². The van der Waals surface area contributed by atoms with Crippen LogP contribution in [0.15, 0.2) is 48.7 Å². The van der Waals surface area contributed by atoms with Crippen molar-refractivity contribution in [2.75, 3.05) is 0 Å². The maximum Gasteiger partial charge on any atom is 0.416 e. The quantitative estimate of drug-likeness (QED) is 0.729. The molecule has 3 rings (SSSR count). The molecular weight excluding hydrogens is 309 g/mol. The van der Waals surface area contributed by atoms with Crippen LogP contribution in [0.3, 0.4) is 0 Å². The maximum absolute atomic E-state index is 12.7. The van der Waals surface area contributed by atoms with Crippen LogP contribution in [0, 0.1) is 0 Å². The molecule has 2 N–H and O–H groups in total. The lowest BCUT2D eigenvalue weighted by Gasteiger charge is -2.08. The molecule has 0 saturated heterocycles. The lowest BCUT2D eigenvalue weighted by Crippen LogP contribution is -2.07. The van der Waals surface area contributed by atoms with Gasteiger partial charge in [-0.1, -0.05) is 18.2 Å². The van der Waals surface area contributed by atoms with Crippen molar-refractivity contribution < 1.29 is 23.4 Å². The molecule has 0 amide bonds. The van der Waals surface area contributed by atoms with Gasteiger partial charge in [0, 0.05) is 17.1 Å². The van der Waals surface area contributed by atoms with Crippen LogP contribution in [0.4, 0.5) is 13.2 Å². The van der Waals surface area contributed by atoms with E-state index in [2.05, 4.69) is 5.10 Å². The van der Waals surface area contributed by atoms with E-state index in [-0.39, 0.29) is 6.54 Å². The van der Waals surface area contributed by atoms with Gasteiger partial charge in [-0.15, -0.1) is 0 Å². The van der Waals surface area contributed by atoms with E-state index in [4.69, 9.17) is 10.2 Å². The normalized spacial score (nSPS) is 12.3. The minimum atomic E-state index is -4.38.